The smallest absolute Gasteiger partial charge is 0.333 e. The van der Waals surface area contributed by atoms with Gasteiger partial charge >= 0.3 is 11.9 Å². The molecule has 0 radical (unpaired) electrons. The number of likely N-dealkylation sites (N-methyl/N-ethyl adjacent to an activating group) is 1. The van der Waals surface area contributed by atoms with Crippen molar-refractivity contribution in [3.63, 3.8) is 0 Å². The normalized spacial score (nSPS) is 15.5. The van der Waals surface area contributed by atoms with Crippen LogP contribution in [-0.2, 0) is 31.8 Å². The van der Waals surface area contributed by atoms with Crippen LogP contribution in [0.15, 0.2) is 24.4 Å². The van der Waals surface area contributed by atoms with Crippen LogP contribution in [0.4, 0.5) is 0 Å². The van der Waals surface area contributed by atoms with E-state index in [4.69, 9.17) is 15.3 Å². The first-order valence-corrected chi connectivity index (χ1v) is 11.9. The maximum absolute atomic E-state index is 12.5. The predicted octanol–water partition coefficient (Wildman–Crippen LogP) is 1.10. The van der Waals surface area contributed by atoms with E-state index < -0.39 is 34.5 Å². The van der Waals surface area contributed by atoms with Gasteiger partial charge in [0.15, 0.2) is 6.10 Å². The quantitative estimate of drug-likeness (QED) is 0.426. The minimum Gasteiger partial charge on any atom is -0.481 e. The lowest BCUT2D eigenvalue weighted by atomic mass is 10.1. The zero-order valence-electron chi connectivity index (χ0n) is 18.3. The molecule has 2 heterocycles. The molecule has 0 spiro atoms. The second-order valence-corrected chi connectivity index (χ2v) is 10.0. The topological polar surface area (TPSA) is 151 Å². The van der Waals surface area contributed by atoms with Gasteiger partial charge < -0.3 is 25.2 Å². The third-order valence-electron chi connectivity index (χ3n) is 5.12. The van der Waals surface area contributed by atoms with Crippen LogP contribution in [0.5, 0.6) is 0 Å². The van der Waals surface area contributed by atoms with E-state index in [0.29, 0.717) is 13.1 Å². The van der Waals surface area contributed by atoms with Gasteiger partial charge in [-0.05, 0) is 56.6 Å². The van der Waals surface area contributed by atoms with E-state index in [0.717, 1.165) is 42.3 Å². The average Bonchev–Trinajstić information content (AvgIpc) is 3.36. The largest absolute Gasteiger partial charge is 0.481 e. The van der Waals surface area contributed by atoms with Crippen LogP contribution in [0.25, 0.3) is 10.9 Å². The monoisotopic (exact) mass is 469 g/mol. The van der Waals surface area contributed by atoms with Crippen molar-refractivity contribution >= 4 is 32.9 Å². The zero-order valence-corrected chi connectivity index (χ0v) is 19.1. The summed E-state index contributed by atoms with van der Waals surface area (Å²) in [4.78, 5) is 24.8. The Hall–Kier alpha value is -2.47. The molecule has 2 aromatic rings. The van der Waals surface area contributed by atoms with Gasteiger partial charge in [-0.25, -0.2) is 17.5 Å². The molecule has 1 atom stereocenters. The summed E-state index contributed by atoms with van der Waals surface area (Å²) in [6, 6.07) is 5.94. The number of carboxylic acids is 2. The summed E-state index contributed by atoms with van der Waals surface area (Å²) in [5, 5.41) is 25.3. The second kappa shape index (κ2) is 11.4. The molecule has 1 saturated heterocycles. The molecular formula is C21H31N3O7S. The minimum absolute atomic E-state index is 0.0985. The summed E-state index contributed by atoms with van der Waals surface area (Å²) in [5.74, 6) is -2.75. The number of aliphatic hydroxyl groups excluding tert-OH is 1. The van der Waals surface area contributed by atoms with E-state index in [2.05, 4.69) is 24.0 Å². The van der Waals surface area contributed by atoms with Crippen molar-refractivity contribution in [3.8, 4) is 0 Å². The van der Waals surface area contributed by atoms with Crippen LogP contribution < -0.4 is 0 Å². The summed E-state index contributed by atoms with van der Waals surface area (Å²) in [7, 11) is 0.928. The van der Waals surface area contributed by atoms with Crippen molar-refractivity contribution in [1.82, 2.24) is 14.2 Å². The number of carboxylic acid groups (broad SMARTS) is 2. The highest BCUT2D eigenvalue weighted by Crippen LogP contribution is 2.23. The van der Waals surface area contributed by atoms with Crippen LogP contribution in [0.2, 0.25) is 0 Å². The molecule has 32 heavy (non-hydrogen) atoms. The molecular weight excluding hydrogens is 438 g/mol. The van der Waals surface area contributed by atoms with E-state index in [1.54, 1.807) is 4.31 Å². The van der Waals surface area contributed by atoms with Crippen molar-refractivity contribution in [1.29, 1.82) is 0 Å². The number of aromatic amines is 1. The maximum Gasteiger partial charge on any atom is 0.333 e. The van der Waals surface area contributed by atoms with Crippen LogP contribution in [0, 0.1) is 0 Å². The highest BCUT2D eigenvalue weighted by Gasteiger charge is 2.25. The zero-order chi connectivity index (χ0) is 23.9. The summed E-state index contributed by atoms with van der Waals surface area (Å²) in [6.45, 7) is 2.31. The molecule has 0 saturated carbocycles. The molecule has 1 unspecified atom stereocenters. The Morgan fingerprint density at radius 1 is 1.19 bits per heavy atom. The molecule has 1 aromatic heterocycles. The highest BCUT2D eigenvalue weighted by atomic mass is 32.2. The van der Waals surface area contributed by atoms with Crippen molar-refractivity contribution in [2.45, 2.75) is 37.5 Å². The summed E-state index contributed by atoms with van der Waals surface area (Å²) >= 11 is 0. The molecule has 3 rings (SSSR count). The van der Waals surface area contributed by atoms with E-state index in [1.807, 2.05) is 24.4 Å². The summed E-state index contributed by atoms with van der Waals surface area (Å²) in [6.07, 6.45) is 2.40. The van der Waals surface area contributed by atoms with Crippen LogP contribution in [0.3, 0.4) is 0 Å². The summed E-state index contributed by atoms with van der Waals surface area (Å²) in [5.41, 5.74) is 3.19. The standard InChI is InChI=1S/C17H25N3O2S.C4H6O5/c1-19(2)10-7-15-12-18-17-6-5-14(11-16(15)17)13-23(21,22)20-8-3-4-9-20;5-2(4(8)9)1-3(6)7/h5-6,11-12,18H,3-4,7-10,13H2,1-2H3;2,5H,1H2,(H,6,7)(H,8,9). The van der Waals surface area contributed by atoms with Crippen molar-refractivity contribution in [2.24, 2.45) is 0 Å². The van der Waals surface area contributed by atoms with Gasteiger partial charge in [0, 0.05) is 36.7 Å². The van der Waals surface area contributed by atoms with E-state index in [1.165, 1.54) is 5.56 Å². The molecule has 1 aromatic carbocycles. The Labute approximate surface area is 187 Å². The van der Waals surface area contributed by atoms with Crippen molar-refractivity contribution in [3.05, 3.63) is 35.5 Å². The molecule has 4 N–H and O–H groups in total. The SMILES string of the molecule is CN(C)CCc1c[nH]c2ccc(CS(=O)(=O)N3CCCC3)cc12.O=C(O)CC(O)C(=O)O. The second-order valence-electron chi connectivity index (χ2n) is 8.06. The number of aliphatic carboxylic acids is 2. The Bertz CT molecular complexity index is 1030. The van der Waals surface area contributed by atoms with E-state index in [-0.39, 0.29) is 5.75 Å². The van der Waals surface area contributed by atoms with Gasteiger partial charge in [0.1, 0.15) is 0 Å². The fourth-order valence-corrected chi connectivity index (χ4v) is 4.99. The summed E-state index contributed by atoms with van der Waals surface area (Å²) < 4.78 is 26.6. The number of hydrogen-bond acceptors (Lipinski definition) is 6. The number of nitrogens with one attached hydrogen (secondary N) is 1. The van der Waals surface area contributed by atoms with Gasteiger partial charge in [-0.15, -0.1) is 0 Å². The third kappa shape index (κ3) is 7.59. The first kappa shape index (κ1) is 25.8. The molecule has 1 fully saturated rings. The Morgan fingerprint density at radius 3 is 2.38 bits per heavy atom. The fourth-order valence-electron chi connectivity index (χ4n) is 3.39. The minimum atomic E-state index is -3.19. The predicted molar refractivity (Wildman–Crippen MR) is 120 cm³/mol. The van der Waals surface area contributed by atoms with Crippen LogP contribution in [0.1, 0.15) is 30.4 Å². The lowest BCUT2D eigenvalue weighted by Gasteiger charge is -2.15. The van der Waals surface area contributed by atoms with Gasteiger partial charge in [-0.1, -0.05) is 6.07 Å². The molecule has 0 aliphatic carbocycles. The lowest BCUT2D eigenvalue weighted by Crippen LogP contribution is -2.29. The average molecular weight is 470 g/mol. The number of aromatic nitrogens is 1. The number of fused-ring (bicyclic) bond motifs is 1. The number of benzene rings is 1. The Morgan fingerprint density at radius 2 is 1.84 bits per heavy atom. The number of H-pyrrole nitrogens is 1. The van der Waals surface area contributed by atoms with Gasteiger partial charge in [-0.3, -0.25) is 4.79 Å². The molecule has 1 aliphatic heterocycles. The molecule has 0 bridgehead atoms. The first-order chi connectivity index (χ1) is 15.0. The Kier molecular flexibility index (Phi) is 9.20. The van der Waals surface area contributed by atoms with Crippen LogP contribution >= 0.6 is 0 Å². The van der Waals surface area contributed by atoms with Gasteiger partial charge in [0.2, 0.25) is 10.0 Å². The third-order valence-corrected chi connectivity index (χ3v) is 6.97. The van der Waals surface area contributed by atoms with Gasteiger partial charge in [-0.2, -0.15) is 0 Å². The van der Waals surface area contributed by atoms with E-state index >= 15 is 0 Å². The number of rotatable bonds is 9. The van der Waals surface area contributed by atoms with Crippen molar-refractivity contribution in [2.75, 3.05) is 33.7 Å². The molecule has 178 valence electrons. The van der Waals surface area contributed by atoms with Crippen molar-refractivity contribution < 1.29 is 33.3 Å². The van der Waals surface area contributed by atoms with E-state index in [9.17, 15) is 18.0 Å². The number of hydrogen-bond donors (Lipinski definition) is 4. The number of nitrogens with zero attached hydrogens (tertiary/aromatic N) is 2. The first-order valence-electron chi connectivity index (χ1n) is 10.3. The fraction of sp³-hybridized carbons (Fsp3) is 0.524. The van der Waals surface area contributed by atoms with Gasteiger partial charge in [0.05, 0.1) is 12.2 Å². The molecule has 0 amide bonds. The lowest BCUT2D eigenvalue weighted by molar-refractivity contribution is -0.152. The Balaban J connectivity index is 0.000000344. The highest BCUT2D eigenvalue weighted by molar-refractivity contribution is 7.88. The van der Waals surface area contributed by atoms with Gasteiger partial charge in [0.25, 0.3) is 0 Å². The number of aliphatic hydroxyl groups is 1. The maximum atomic E-state index is 12.5. The molecule has 10 nitrogen and oxygen atoms in total. The molecule has 11 heteroatoms. The number of carbonyl (C=O) groups is 2. The van der Waals surface area contributed by atoms with Crippen LogP contribution in [-0.4, -0.2) is 89.7 Å². The number of sulfonamides is 1. The molecule has 1 aliphatic rings.